The van der Waals surface area contributed by atoms with Gasteiger partial charge in [-0.3, -0.25) is 4.79 Å². The summed E-state index contributed by atoms with van der Waals surface area (Å²) in [6, 6.07) is 15.0. The van der Waals surface area contributed by atoms with Crippen molar-refractivity contribution >= 4 is 17.3 Å². The Morgan fingerprint density at radius 2 is 1.60 bits per heavy atom. The van der Waals surface area contributed by atoms with Crippen molar-refractivity contribution in [3.63, 3.8) is 0 Å². The topological polar surface area (TPSA) is 68.8 Å². The van der Waals surface area contributed by atoms with Gasteiger partial charge >= 0.3 is 0 Å². The van der Waals surface area contributed by atoms with Crippen LogP contribution >= 0.6 is 0 Å². The maximum absolute atomic E-state index is 12.2. The van der Waals surface area contributed by atoms with E-state index in [-0.39, 0.29) is 12.5 Å². The van der Waals surface area contributed by atoms with E-state index in [1.807, 2.05) is 48.5 Å². The summed E-state index contributed by atoms with van der Waals surface area (Å²) in [5.41, 5.74) is 1.58. The van der Waals surface area contributed by atoms with E-state index in [9.17, 15) is 4.79 Å². The lowest BCUT2D eigenvalue weighted by Crippen LogP contribution is -2.21. The molecule has 0 saturated carbocycles. The highest BCUT2D eigenvalue weighted by Gasteiger charge is 2.04. The Hall–Kier alpha value is -2.73. The van der Waals surface area contributed by atoms with E-state index in [1.54, 1.807) is 7.11 Å². The lowest BCUT2D eigenvalue weighted by molar-refractivity contribution is -0.114. The third-order valence-corrected chi connectivity index (χ3v) is 4.50. The number of carbonyl (C=O) groups is 1. The summed E-state index contributed by atoms with van der Waals surface area (Å²) in [5.74, 6) is 1.44. The number of unbranched alkanes of at least 4 members (excludes halogenated alkanes) is 4. The third-order valence-electron chi connectivity index (χ3n) is 4.50. The molecule has 0 aliphatic heterocycles. The molecule has 0 aliphatic carbocycles. The van der Waals surface area contributed by atoms with E-state index in [4.69, 9.17) is 14.2 Å². The Balaban J connectivity index is 1.70. The zero-order chi connectivity index (χ0) is 21.4. The van der Waals surface area contributed by atoms with Crippen LogP contribution in [0.3, 0.4) is 0 Å². The molecule has 0 unspecified atom stereocenters. The van der Waals surface area contributed by atoms with Gasteiger partial charge in [-0.1, -0.05) is 38.7 Å². The molecule has 0 fully saturated rings. The van der Waals surface area contributed by atoms with Crippen molar-refractivity contribution in [1.29, 1.82) is 0 Å². The summed E-state index contributed by atoms with van der Waals surface area (Å²) in [5, 5.41) is 6.01. The van der Waals surface area contributed by atoms with Gasteiger partial charge in [0.15, 0.2) is 0 Å². The SMILES string of the molecule is CCCCCCCOc1cccc(NCC(=O)Nc2ccc(OCCOC)cc2)c1. The normalized spacial score (nSPS) is 10.5. The Morgan fingerprint density at radius 1 is 0.833 bits per heavy atom. The van der Waals surface area contributed by atoms with Crippen LogP contribution in [0.1, 0.15) is 39.0 Å². The Bertz CT molecular complexity index is 734. The number of amides is 1. The number of benzene rings is 2. The third kappa shape index (κ3) is 9.65. The Morgan fingerprint density at radius 3 is 2.37 bits per heavy atom. The molecule has 0 spiro atoms. The molecule has 2 aromatic carbocycles. The smallest absolute Gasteiger partial charge is 0.243 e. The zero-order valence-electron chi connectivity index (χ0n) is 18.1. The van der Waals surface area contributed by atoms with Crippen molar-refractivity contribution in [2.45, 2.75) is 39.0 Å². The van der Waals surface area contributed by atoms with Crippen molar-refractivity contribution in [3.05, 3.63) is 48.5 Å². The van der Waals surface area contributed by atoms with Crippen molar-refractivity contribution in [2.75, 3.05) is 44.1 Å². The molecule has 1 amide bonds. The molecule has 2 rings (SSSR count). The van der Waals surface area contributed by atoms with Gasteiger partial charge in [-0.25, -0.2) is 0 Å². The summed E-state index contributed by atoms with van der Waals surface area (Å²) < 4.78 is 16.3. The number of rotatable bonds is 15. The largest absolute Gasteiger partial charge is 0.494 e. The van der Waals surface area contributed by atoms with E-state index in [0.29, 0.717) is 13.2 Å². The average molecular weight is 415 g/mol. The average Bonchev–Trinajstić information content (AvgIpc) is 2.76. The van der Waals surface area contributed by atoms with E-state index >= 15 is 0 Å². The minimum atomic E-state index is -0.120. The summed E-state index contributed by atoms with van der Waals surface area (Å²) >= 11 is 0. The van der Waals surface area contributed by atoms with E-state index in [1.165, 1.54) is 25.7 Å². The summed E-state index contributed by atoms with van der Waals surface area (Å²) in [6.45, 7) is 4.14. The molecule has 2 aromatic rings. The van der Waals surface area contributed by atoms with Gasteiger partial charge in [-0.2, -0.15) is 0 Å². The van der Waals surface area contributed by atoms with Crippen LogP contribution in [-0.4, -0.2) is 39.4 Å². The highest BCUT2D eigenvalue weighted by atomic mass is 16.5. The van der Waals surface area contributed by atoms with Crippen LogP contribution in [0.4, 0.5) is 11.4 Å². The molecule has 164 valence electrons. The maximum atomic E-state index is 12.2. The van der Waals surface area contributed by atoms with E-state index in [0.717, 1.165) is 35.9 Å². The molecule has 0 atom stereocenters. The highest BCUT2D eigenvalue weighted by Crippen LogP contribution is 2.18. The Labute approximate surface area is 179 Å². The van der Waals surface area contributed by atoms with Gasteiger partial charge in [-0.15, -0.1) is 0 Å². The quantitative estimate of drug-likeness (QED) is 0.396. The Kier molecular flexibility index (Phi) is 11.2. The monoisotopic (exact) mass is 414 g/mol. The van der Waals surface area contributed by atoms with Gasteiger partial charge < -0.3 is 24.8 Å². The second-order valence-electron chi connectivity index (χ2n) is 7.06. The second kappa shape index (κ2) is 14.3. The van der Waals surface area contributed by atoms with E-state index < -0.39 is 0 Å². The van der Waals surface area contributed by atoms with E-state index in [2.05, 4.69) is 17.6 Å². The van der Waals surface area contributed by atoms with Crippen LogP contribution in [0.2, 0.25) is 0 Å². The van der Waals surface area contributed by atoms with Crippen LogP contribution in [-0.2, 0) is 9.53 Å². The summed E-state index contributed by atoms with van der Waals surface area (Å²) in [7, 11) is 1.63. The van der Waals surface area contributed by atoms with Crippen LogP contribution < -0.4 is 20.1 Å². The minimum absolute atomic E-state index is 0.120. The fourth-order valence-corrected chi connectivity index (χ4v) is 2.86. The van der Waals surface area contributed by atoms with Crippen molar-refractivity contribution in [2.24, 2.45) is 0 Å². The molecular formula is C24H34N2O4. The number of hydrogen-bond acceptors (Lipinski definition) is 5. The predicted molar refractivity (Wildman–Crippen MR) is 122 cm³/mol. The zero-order valence-corrected chi connectivity index (χ0v) is 18.1. The van der Waals surface area contributed by atoms with Crippen molar-refractivity contribution in [3.8, 4) is 11.5 Å². The number of anilines is 2. The van der Waals surface area contributed by atoms with Gasteiger partial charge in [0.1, 0.15) is 18.1 Å². The molecule has 0 aromatic heterocycles. The van der Waals surface area contributed by atoms with Gasteiger partial charge in [0.25, 0.3) is 0 Å². The molecule has 6 nitrogen and oxygen atoms in total. The number of carbonyl (C=O) groups excluding carboxylic acids is 1. The number of methoxy groups -OCH3 is 1. The number of ether oxygens (including phenoxy) is 3. The van der Waals surface area contributed by atoms with Crippen LogP contribution in [0, 0.1) is 0 Å². The van der Waals surface area contributed by atoms with Crippen LogP contribution in [0.25, 0.3) is 0 Å². The number of nitrogens with one attached hydrogen (secondary N) is 2. The molecule has 0 saturated heterocycles. The summed E-state index contributed by atoms with van der Waals surface area (Å²) in [6.07, 6.45) is 6.06. The standard InChI is InChI=1S/C24H34N2O4/c1-3-4-5-6-7-15-29-23-10-8-9-21(18-23)25-19-24(27)26-20-11-13-22(14-12-20)30-17-16-28-2/h8-14,18,25H,3-7,15-17,19H2,1-2H3,(H,26,27). The molecule has 2 N–H and O–H groups in total. The van der Waals surface area contributed by atoms with Gasteiger partial charge in [-0.05, 0) is 42.8 Å². The molecule has 0 aliphatic rings. The predicted octanol–water partition coefficient (Wildman–Crippen LogP) is 5.11. The second-order valence-corrected chi connectivity index (χ2v) is 7.06. The highest BCUT2D eigenvalue weighted by molar-refractivity contribution is 5.93. The lowest BCUT2D eigenvalue weighted by Gasteiger charge is -2.11. The first-order valence-corrected chi connectivity index (χ1v) is 10.7. The van der Waals surface area contributed by atoms with Gasteiger partial charge in [0, 0.05) is 24.6 Å². The summed E-state index contributed by atoms with van der Waals surface area (Å²) in [4.78, 5) is 12.2. The fourth-order valence-electron chi connectivity index (χ4n) is 2.86. The molecule has 0 radical (unpaired) electrons. The lowest BCUT2D eigenvalue weighted by atomic mass is 10.2. The minimum Gasteiger partial charge on any atom is -0.494 e. The number of hydrogen-bond donors (Lipinski definition) is 2. The van der Waals surface area contributed by atoms with Crippen molar-refractivity contribution in [1.82, 2.24) is 0 Å². The van der Waals surface area contributed by atoms with Gasteiger partial charge in [0.2, 0.25) is 5.91 Å². The van der Waals surface area contributed by atoms with Crippen molar-refractivity contribution < 1.29 is 19.0 Å². The molecule has 0 bridgehead atoms. The maximum Gasteiger partial charge on any atom is 0.243 e. The fraction of sp³-hybridized carbons (Fsp3) is 0.458. The first kappa shape index (κ1) is 23.5. The molecule has 0 heterocycles. The van der Waals surface area contributed by atoms with Crippen LogP contribution in [0.5, 0.6) is 11.5 Å². The molecule has 6 heteroatoms. The first-order valence-electron chi connectivity index (χ1n) is 10.7. The molecule has 30 heavy (non-hydrogen) atoms. The van der Waals surface area contributed by atoms with Crippen LogP contribution in [0.15, 0.2) is 48.5 Å². The van der Waals surface area contributed by atoms with Gasteiger partial charge in [0.05, 0.1) is 19.8 Å². The molecular weight excluding hydrogens is 380 g/mol. The first-order chi connectivity index (χ1) is 14.7.